The Morgan fingerprint density at radius 1 is 0.967 bits per heavy atom. The molecule has 0 saturated heterocycles. The topological polar surface area (TPSA) is 32.3 Å². The van der Waals surface area contributed by atoms with Gasteiger partial charge in [0.05, 0.1) is 6.04 Å². The number of carbonyl (C=O) groups excluding carboxylic acids is 1. The molecule has 2 heterocycles. The Kier molecular flexibility index (Phi) is 5.35. The maximum Gasteiger partial charge on any atom is 0.251 e. The van der Waals surface area contributed by atoms with Crippen molar-refractivity contribution in [2.24, 2.45) is 0 Å². The summed E-state index contributed by atoms with van der Waals surface area (Å²) in [5.74, 6) is -0.00978. The van der Waals surface area contributed by atoms with Crippen molar-refractivity contribution < 1.29 is 4.79 Å². The second-order valence-corrected chi connectivity index (χ2v) is 8.58. The summed E-state index contributed by atoms with van der Waals surface area (Å²) in [7, 11) is 0. The zero-order valence-corrected chi connectivity index (χ0v) is 17.6. The smallest absolute Gasteiger partial charge is 0.251 e. The van der Waals surface area contributed by atoms with E-state index in [1.165, 1.54) is 16.7 Å². The van der Waals surface area contributed by atoms with Gasteiger partial charge >= 0.3 is 0 Å². The first-order valence-corrected chi connectivity index (χ1v) is 11.3. The molecular weight excluding hydrogens is 388 g/mol. The molecule has 4 aromatic rings. The number of hydrogen-bond donors (Lipinski definition) is 1. The fraction of sp³-hybridized carbons (Fsp3) is 0.192. The van der Waals surface area contributed by atoms with E-state index in [9.17, 15) is 4.79 Å². The first-order chi connectivity index (χ1) is 14.8. The number of rotatable bonds is 5. The van der Waals surface area contributed by atoms with E-state index in [4.69, 9.17) is 0 Å². The average molecular weight is 413 g/mol. The van der Waals surface area contributed by atoms with Gasteiger partial charge in [0.15, 0.2) is 0 Å². The zero-order chi connectivity index (χ0) is 20.3. The third-order valence-electron chi connectivity index (χ3n) is 6.02. The molecule has 1 unspecified atom stereocenters. The van der Waals surface area contributed by atoms with Crippen LogP contribution in [0, 0.1) is 0 Å². The van der Waals surface area contributed by atoms with E-state index in [1.807, 2.05) is 42.5 Å². The zero-order valence-electron chi connectivity index (χ0n) is 16.8. The standard InChI is InChI=1S/C26H24N2OS/c29-26(24-11-5-9-20-7-3-4-10-23(20)24)27-16-25(22-13-15-30-18-22)28-14-12-19-6-1-2-8-21(19)17-28/h1-11,13,15,18,25H,12,14,16-17H2,(H,27,29). The summed E-state index contributed by atoms with van der Waals surface area (Å²) in [5, 5.41) is 9.63. The normalized spacial score (nSPS) is 14.9. The molecule has 1 atom stereocenters. The van der Waals surface area contributed by atoms with Crippen LogP contribution in [0.5, 0.6) is 0 Å². The van der Waals surface area contributed by atoms with Crippen LogP contribution in [0.2, 0.25) is 0 Å². The molecule has 5 rings (SSSR count). The van der Waals surface area contributed by atoms with Gasteiger partial charge in [-0.05, 0) is 56.8 Å². The van der Waals surface area contributed by atoms with Crippen molar-refractivity contribution >= 4 is 28.0 Å². The highest BCUT2D eigenvalue weighted by atomic mass is 32.1. The highest BCUT2D eigenvalue weighted by Gasteiger charge is 2.25. The molecule has 30 heavy (non-hydrogen) atoms. The van der Waals surface area contributed by atoms with Gasteiger partial charge in [-0.1, -0.05) is 60.7 Å². The fourth-order valence-electron chi connectivity index (χ4n) is 4.41. The Labute approximate surface area is 181 Å². The number of thiophene rings is 1. The lowest BCUT2D eigenvalue weighted by atomic mass is 9.97. The van der Waals surface area contributed by atoms with E-state index in [-0.39, 0.29) is 11.9 Å². The molecule has 1 aliphatic heterocycles. The van der Waals surface area contributed by atoms with Gasteiger partial charge in [-0.2, -0.15) is 11.3 Å². The van der Waals surface area contributed by atoms with Gasteiger partial charge in [0.25, 0.3) is 5.91 Å². The Bertz CT molecular complexity index is 1160. The first kappa shape index (κ1) is 19.0. The van der Waals surface area contributed by atoms with Gasteiger partial charge in [-0.3, -0.25) is 9.69 Å². The number of nitrogens with zero attached hydrogens (tertiary/aromatic N) is 1. The van der Waals surface area contributed by atoms with Crippen LogP contribution in [0.4, 0.5) is 0 Å². The lowest BCUT2D eigenvalue weighted by Crippen LogP contribution is -2.40. The Balaban J connectivity index is 1.37. The number of hydrogen-bond acceptors (Lipinski definition) is 3. The van der Waals surface area contributed by atoms with Crippen LogP contribution in [0.15, 0.2) is 83.6 Å². The molecule has 0 saturated carbocycles. The molecule has 0 bridgehead atoms. The molecule has 150 valence electrons. The number of amides is 1. The Hall–Kier alpha value is -2.95. The summed E-state index contributed by atoms with van der Waals surface area (Å²) in [6, 6.07) is 25.0. The largest absolute Gasteiger partial charge is 0.350 e. The van der Waals surface area contributed by atoms with Crippen molar-refractivity contribution in [1.29, 1.82) is 0 Å². The van der Waals surface area contributed by atoms with Crippen molar-refractivity contribution in [3.05, 3.63) is 106 Å². The van der Waals surface area contributed by atoms with Gasteiger partial charge in [0.2, 0.25) is 0 Å². The number of fused-ring (bicyclic) bond motifs is 2. The molecular formula is C26H24N2OS. The van der Waals surface area contributed by atoms with Gasteiger partial charge in [0, 0.05) is 25.2 Å². The molecule has 4 heteroatoms. The van der Waals surface area contributed by atoms with Gasteiger partial charge in [0.1, 0.15) is 0 Å². The first-order valence-electron chi connectivity index (χ1n) is 10.4. The molecule has 0 radical (unpaired) electrons. The number of benzene rings is 3. The van der Waals surface area contributed by atoms with Crippen molar-refractivity contribution in [3.8, 4) is 0 Å². The molecule has 1 N–H and O–H groups in total. The van der Waals surface area contributed by atoms with Crippen LogP contribution in [-0.2, 0) is 13.0 Å². The quantitative estimate of drug-likeness (QED) is 0.474. The summed E-state index contributed by atoms with van der Waals surface area (Å²) in [4.78, 5) is 15.6. The van der Waals surface area contributed by atoms with E-state index in [0.717, 1.165) is 35.8 Å². The minimum atomic E-state index is -0.00978. The summed E-state index contributed by atoms with van der Waals surface area (Å²) in [5.41, 5.74) is 4.85. The predicted octanol–water partition coefficient (Wildman–Crippen LogP) is 5.43. The van der Waals surface area contributed by atoms with Crippen molar-refractivity contribution in [2.75, 3.05) is 13.1 Å². The lowest BCUT2D eigenvalue weighted by Gasteiger charge is -2.35. The molecule has 0 fully saturated rings. The molecule has 1 amide bonds. The summed E-state index contributed by atoms with van der Waals surface area (Å²) in [6.45, 7) is 2.52. The molecule has 3 nitrogen and oxygen atoms in total. The number of nitrogens with one attached hydrogen (secondary N) is 1. The van der Waals surface area contributed by atoms with Gasteiger partial charge in [-0.25, -0.2) is 0 Å². The fourth-order valence-corrected chi connectivity index (χ4v) is 5.12. The predicted molar refractivity (Wildman–Crippen MR) is 124 cm³/mol. The Morgan fingerprint density at radius 2 is 1.77 bits per heavy atom. The molecule has 3 aromatic carbocycles. The summed E-state index contributed by atoms with van der Waals surface area (Å²) < 4.78 is 0. The minimum absolute atomic E-state index is 0.00978. The van der Waals surface area contributed by atoms with Crippen LogP contribution in [0.3, 0.4) is 0 Å². The summed E-state index contributed by atoms with van der Waals surface area (Å²) in [6.07, 6.45) is 1.05. The molecule has 1 aliphatic rings. The second-order valence-electron chi connectivity index (χ2n) is 7.80. The van der Waals surface area contributed by atoms with E-state index < -0.39 is 0 Å². The van der Waals surface area contributed by atoms with E-state index >= 15 is 0 Å². The van der Waals surface area contributed by atoms with Crippen LogP contribution >= 0.6 is 11.3 Å². The molecule has 0 spiro atoms. The maximum atomic E-state index is 13.1. The second kappa shape index (κ2) is 8.42. The SMILES string of the molecule is O=C(NCC(c1ccsc1)N1CCc2ccccc2C1)c1cccc2ccccc12. The van der Waals surface area contributed by atoms with Crippen molar-refractivity contribution in [3.63, 3.8) is 0 Å². The van der Waals surface area contributed by atoms with Gasteiger partial charge < -0.3 is 5.32 Å². The average Bonchev–Trinajstić information content (AvgIpc) is 3.33. The van der Waals surface area contributed by atoms with Crippen LogP contribution in [-0.4, -0.2) is 23.9 Å². The summed E-state index contributed by atoms with van der Waals surface area (Å²) >= 11 is 1.71. The van der Waals surface area contributed by atoms with Crippen molar-refractivity contribution in [1.82, 2.24) is 10.2 Å². The third kappa shape index (κ3) is 3.76. The highest BCUT2D eigenvalue weighted by Crippen LogP contribution is 2.29. The third-order valence-corrected chi connectivity index (χ3v) is 6.72. The van der Waals surface area contributed by atoms with Crippen molar-refractivity contribution in [2.45, 2.75) is 19.0 Å². The monoisotopic (exact) mass is 412 g/mol. The number of carbonyl (C=O) groups is 1. The van der Waals surface area contributed by atoms with E-state index in [2.05, 4.69) is 51.3 Å². The van der Waals surface area contributed by atoms with E-state index in [0.29, 0.717) is 6.54 Å². The lowest BCUT2D eigenvalue weighted by molar-refractivity contribution is 0.0929. The molecule has 0 aliphatic carbocycles. The minimum Gasteiger partial charge on any atom is -0.350 e. The van der Waals surface area contributed by atoms with E-state index in [1.54, 1.807) is 11.3 Å². The highest BCUT2D eigenvalue weighted by molar-refractivity contribution is 7.08. The molecule has 1 aromatic heterocycles. The van der Waals surface area contributed by atoms with Gasteiger partial charge in [-0.15, -0.1) is 0 Å². The van der Waals surface area contributed by atoms with Crippen LogP contribution in [0.25, 0.3) is 10.8 Å². The maximum absolute atomic E-state index is 13.1. The van der Waals surface area contributed by atoms with Crippen LogP contribution in [0.1, 0.15) is 33.1 Å². The van der Waals surface area contributed by atoms with Crippen LogP contribution < -0.4 is 5.32 Å². The Morgan fingerprint density at radius 3 is 2.63 bits per heavy atom.